The number of ketones is 1. The van der Waals surface area contributed by atoms with E-state index in [1.54, 1.807) is 11.9 Å². The third kappa shape index (κ3) is 1.42. The van der Waals surface area contributed by atoms with Crippen LogP contribution in [0.5, 0.6) is 0 Å². The van der Waals surface area contributed by atoms with Crippen molar-refractivity contribution in [3.63, 3.8) is 0 Å². The maximum absolute atomic E-state index is 11.2. The molecule has 0 aromatic rings. The van der Waals surface area contributed by atoms with Crippen LogP contribution in [-0.4, -0.2) is 29.7 Å². The van der Waals surface area contributed by atoms with Crippen molar-refractivity contribution in [3.8, 4) is 0 Å². The molecule has 3 heteroatoms. The largest absolute Gasteiger partial charge is 0.336 e. The van der Waals surface area contributed by atoms with Gasteiger partial charge in [0.25, 0.3) is 0 Å². The Balaban J connectivity index is 2.61. The maximum Gasteiger partial charge on any atom is 0.223 e. The highest BCUT2D eigenvalue weighted by atomic mass is 16.2. The van der Waals surface area contributed by atoms with Crippen LogP contribution < -0.4 is 0 Å². The minimum absolute atomic E-state index is 0.0943. The van der Waals surface area contributed by atoms with Gasteiger partial charge in [0.1, 0.15) is 0 Å². The fourth-order valence-corrected chi connectivity index (χ4v) is 1.42. The molecule has 1 unspecified atom stereocenters. The first-order valence-corrected chi connectivity index (χ1v) is 3.95. The number of carbonyl (C=O) groups is 2. The lowest BCUT2D eigenvalue weighted by atomic mass is 10.1. The Labute approximate surface area is 66.4 Å². The van der Waals surface area contributed by atoms with Crippen molar-refractivity contribution in [2.24, 2.45) is 0 Å². The molecule has 0 saturated carbocycles. The summed E-state index contributed by atoms with van der Waals surface area (Å²) in [5.74, 6) is 0.273. The SMILES string of the molecule is CCC(=O)C1CCC(=O)N1C. The third-order valence-corrected chi connectivity index (χ3v) is 2.21. The minimum Gasteiger partial charge on any atom is -0.336 e. The Kier molecular flexibility index (Phi) is 2.27. The zero-order valence-electron chi connectivity index (χ0n) is 6.96. The molecule has 1 fully saturated rings. The minimum atomic E-state index is -0.132. The van der Waals surface area contributed by atoms with Gasteiger partial charge in [-0.05, 0) is 6.42 Å². The average molecular weight is 155 g/mol. The molecule has 1 saturated heterocycles. The van der Waals surface area contributed by atoms with E-state index in [-0.39, 0.29) is 17.7 Å². The molecule has 1 aliphatic heterocycles. The number of nitrogens with zero attached hydrogens (tertiary/aromatic N) is 1. The molecule has 1 atom stereocenters. The van der Waals surface area contributed by atoms with E-state index < -0.39 is 0 Å². The van der Waals surface area contributed by atoms with Crippen molar-refractivity contribution < 1.29 is 9.59 Å². The standard InChI is InChI=1S/C8H13NO2/c1-3-7(10)6-4-5-8(11)9(6)2/h6H,3-5H2,1-2H3. The van der Waals surface area contributed by atoms with Gasteiger partial charge in [-0.3, -0.25) is 9.59 Å². The van der Waals surface area contributed by atoms with Gasteiger partial charge in [-0.1, -0.05) is 6.92 Å². The van der Waals surface area contributed by atoms with E-state index in [2.05, 4.69) is 0 Å². The zero-order valence-corrected chi connectivity index (χ0v) is 6.96. The summed E-state index contributed by atoms with van der Waals surface area (Å²) in [5.41, 5.74) is 0. The Morgan fingerprint density at radius 3 is 2.73 bits per heavy atom. The molecule has 0 spiro atoms. The summed E-state index contributed by atoms with van der Waals surface area (Å²) in [6.07, 6.45) is 1.77. The second-order valence-electron chi connectivity index (χ2n) is 2.88. The van der Waals surface area contributed by atoms with Crippen LogP contribution in [0.4, 0.5) is 0 Å². The monoisotopic (exact) mass is 155 g/mol. The van der Waals surface area contributed by atoms with Crippen LogP contribution in [0, 0.1) is 0 Å². The molecular formula is C8H13NO2. The number of likely N-dealkylation sites (N-methyl/N-ethyl adjacent to an activating group) is 1. The van der Waals surface area contributed by atoms with Crippen molar-refractivity contribution in [3.05, 3.63) is 0 Å². The summed E-state index contributed by atoms with van der Waals surface area (Å²) < 4.78 is 0. The molecule has 0 aromatic carbocycles. The van der Waals surface area contributed by atoms with Gasteiger partial charge in [0.05, 0.1) is 6.04 Å². The van der Waals surface area contributed by atoms with E-state index >= 15 is 0 Å². The van der Waals surface area contributed by atoms with Gasteiger partial charge in [-0.25, -0.2) is 0 Å². The fraction of sp³-hybridized carbons (Fsp3) is 0.750. The Hall–Kier alpha value is -0.860. The molecule has 0 aromatic heterocycles. The van der Waals surface area contributed by atoms with E-state index in [1.165, 1.54) is 0 Å². The zero-order chi connectivity index (χ0) is 8.43. The molecule has 11 heavy (non-hydrogen) atoms. The van der Waals surface area contributed by atoms with Crippen molar-refractivity contribution in [1.29, 1.82) is 0 Å². The average Bonchev–Trinajstić information content (AvgIpc) is 2.32. The highest BCUT2D eigenvalue weighted by molar-refractivity contribution is 5.91. The van der Waals surface area contributed by atoms with E-state index in [9.17, 15) is 9.59 Å². The Morgan fingerprint density at radius 2 is 2.36 bits per heavy atom. The van der Waals surface area contributed by atoms with Crippen molar-refractivity contribution in [2.75, 3.05) is 7.05 Å². The lowest BCUT2D eigenvalue weighted by Crippen LogP contribution is -2.34. The molecule has 1 heterocycles. The molecule has 1 rings (SSSR count). The number of amides is 1. The van der Waals surface area contributed by atoms with Crippen LogP contribution in [0.2, 0.25) is 0 Å². The number of hydrogen-bond acceptors (Lipinski definition) is 2. The van der Waals surface area contributed by atoms with Gasteiger partial charge in [-0.15, -0.1) is 0 Å². The van der Waals surface area contributed by atoms with E-state index in [0.717, 1.165) is 0 Å². The third-order valence-electron chi connectivity index (χ3n) is 2.21. The van der Waals surface area contributed by atoms with Crippen LogP contribution in [0.3, 0.4) is 0 Å². The van der Waals surface area contributed by atoms with Gasteiger partial charge < -0.3 is 4.90 Å². The Morgan fingerprint density at radius 1 is 1.73 bits per heavy atom. The second-order valence-corrected chi connectivity index (χ2v) is 2.88. The van der Waals surface area contributed by atoms with Gasteiger partial charge in [-0.2, -0.15) is 0 Å². The van der Waals surface area contributed by atoms with E-state index in [4.69, 9.17) is 0 Å². The Bertz CT molecular complexity index is 189. The molecule has 1 amide bonds. The lowest BCUT2D eigenvalue weighted by molar-refractivity contribution is -0.132. The topological polar surface area (TPSA) is 37.4 Å². The van der Waals surface area contributed by atoms with Crippen molar-refractivity contribution >= 4 is 11.7 Å². The smallest absolute Gasteiger partial charge is 0.223 e. The number of hydrogen-bond donors (Lipinski definition) is 0. The predicted molar refractivity (Wildman–Crippen MR) is 41.1 cm³/mol. The molecule has 1 aliphatic rings. The molecule has 0 N–H and O–H groups in total. The lowest BCUT2D eigenvalue weighted by Gasteiger charge is -2.17. The number of Topliss-reactive ketones (excluding diaryl/α,β-unsaturated/α-hetero) is 1. The number of rotatable bonds is 2. The highest BCUT2D eigenvalue weighted by Gasteiger charge is 2.31. The molecule has 0 aliphatic carbocycles. The second kappa shape index (κ2) is 3.03. The van der Waals surface area contributed by atoms with E-state index in [1.807, 2.05) is 6.92 Å². The number of carbonyl (C=O) groups excluding carboxylic acids is 2. The number of likely N-dealkylation sites (tertiary alicyclic amines) is 1. The van der Waals surface area contributed by atoms with Gasteiger partial charge >= 0.3 is 0 Å². The van der Waals surface area contributed by atoms with Gasteiger partial charge in [0.15, 0.2) is 5.78 Å². The van der Waals surface area contributed by atoms with Gasteiger partial charge in [0, 0.05) is 19.9 Å². The highest BCUT2D eigenvalue weighted by Crippen LogP contribution is 2.17. The molecule has 62 valence electrons. The summed E-state index contributed by atoms with van der Waals surface area (Å²) in [4.78, 5) is 23.7. The molecular weight excluding hydrogens is 142 g/mol. The quantitative estimate of drug-likeness (QED) is 0.585. The summed E-state index contributed by atoms with van der Waals surface area (Å²) in [5, 5.41) is 0. The van der Waals surface area contributed by atoms with Crippen LogP contribution in [0.15, 0.2) is 0 Å². The van der Waals surface area contributed by atoms with Crippen LogP contribution in [0.25, 0.3) is 0 Å². The first-order valence-electron chi connectivity index (χ1n) is 3.95. The summed E-state index contributed by atoms with van der Waals surface area (Å²) in [6, 6.07) is -0.132. The summed E-state index contributed by atoms with van der Waals surface area (Å²) in [6.45, 7) is 1.83. The maximum atomic E-state index is 11.2. The van der Waals surface area contributed by atoms with E-state index in [0.29, 0.717) is 19.3 Å². The molecule has 3 nitrogen and oxygen atoms in total. The van der Waals surface area contributed by atoms with Crippen LogP contribution >= 0.6 is 0 Å². The van der Waals surface area contributed by atoms with Crippen molar-refractivity contribution in [1.82, 2.24) is 4.90 Å². The van der Waals surface area contributed by atoms with Gasteiger partial charge in [0.2, 0.25) is 5.91 Å². The van der Waals surface area contributed by atoms with Crippen LogP contribution in [-0.2, 0) is 9.59 Å². The normalized spacial score (nSPS) is 24.4. The van der Waals surface area contributed by atoms with Crippen molar-refractivity contribution in [2.45, 2.75) is 32.2 Å². The predicted octanol–water partition coefficient (Wildman–Crippen LogP) is 0.586. The van der Waals surface area contributed by atoms with Crippen LogP contribution in [0.1, 0.15) is 26.2 Å². The first-order chi connectivity index (χ1) is 5.16. The molecule has 0 radical (unpaired) electrons. The summed E-state index contributed by atoms with van der Waals surface area (Å²) >= 11 is 0. The first kappa shape index (κ1) is 8.24. The molecule has 0 bridgehead atoms. The summed E-state index contributed by atoms with van der Waals surface area (Å²) in [7, 11) is 1.70. The fourth-order valence-electron chi connectivity index (χ4n) is 1.42.